The number of hydrogen-bond acceptors (Lipinski definition) is 13. The molecule has 388 valence electrons. The van der Waals surface area contributed by atoms with Crippen molar-refractivity contribution in [2.45, 2.75) is 84.1 Å². The standard InChI is InChI=1S/C54H64N5O13P/c1-42(57-49(60)31-30-48(51(62)67-36-43-20-7-2-8-21-43)58-53(64)69-38-45-24-11-4-12-25-45)50(61)56-41-73(66,72-40-47-28-15-6-16-29-47)71-35-19-34-59(54(65)70-39-46-26-13-5-14-27-46)33-18-17-32-55-52(63)68-37-44-22-9-3-10-23-44/h2-16,20-29,42,48H,17-19,30-41H2,1H3,(H,55,63)(H,56,61)(H,57,60)(H,58,64)/t42-,48-,73?/m0/s1. The Morgan fingerprint density at radius 3 is 1.52 bits per heavy atom. The molecule has 0 saturated carbocycles. The van der Waals surface area contributed by atoms with Crippen molar-refractivity contribution in [1.82, 2.24) is 26.2 Å². The van der Waals surface area contributed by atoms with Gasteiger partial charge in [-0.15, -0.1) is 0 Å². The van der Waals surface area contributed by atoms with Gasteiger partial charge in [-0.2, -0.15) is 0 Å². The largest absolute Gasteiger partial charge is 0.459 e. The minimum Gasteiger partial charge on any atom is -0.459 e. The fourth-order valence-electron chi connectivity index (χ4n) is 6.80. The zero-order valence-corrected chi connectivity index (χ0v) is 41.8. The number of amides is 5. The van der Waals surface area contributed by atoms with Crippen LogP contribution in [0.2, 0.25) is 0 Å². The van der Waals surface area contributed by atoms with Gasteiger partial charge in [0, 0.05) is 26.1 Å². The molecule has 0 heterocycles. The second-order valence-corrected chi connectivity index (χ2v) is 18.7. The topological polar surface area (TPSA) is 226 Å². The van der Waals surface area contributed by atoms with Gasteiger partial charge in [0.15, 0.2) is 0 Å². The summed E-state index contributed by atoms with van der Waals surface area (Å²) in [5.41, 5.74) is 3.82. The summed E-state index contributed by atoms with van der Waals surface area (Å²) in [5, 5.41) is 10.3. The van der Waals surface area contributed by atoms with Crippen LogP contribution in [0.25, 0.3) is 0 Å². The monoisotopic (exact) mass is 1020 g/mol. The van der Waals surface area contributed by atoms with E-state index in [4.69, 9.17) is 28.0 Å². The number of esters is 1. The third kappa shape index (κ3) is 22.6. The van der Waals surface area contributed by atoms with E-state index in [1.165, 1.54) is 11.8 Å². The van der Waals surface area contributed by atoms with Gasteiger partial charge in [0.05, 0.1) is 13.2 Å². The highest BCUT2D eigenvalue weighted by atomic mass is 31.2. The van der Waals surface area contributed by atoms with E-state index in [1.54, 1.807) is 72.8 Å². The number of hydrogen-bond donors (Lipinski definition) is 4. The second kappa shape index (κ2) is 31.7. The zero-order valence-electron chi connectivity index (χ0n) is 40.9. The van der Waals surface area contributed by atoms with Crippen molar-refractivity contribution >= 4 is 43.7 Å². The first-order valence-corrected chi connectivity index (χ1v) is 25.7. The van der Waals surface area contributed by atoms with Gasteiger partial charge in [0.1, 0.15) is 44.8 Å². The first-order valence-electron chi connectivity index (χ1n) is 24.0. The van der Waals surface area contributed by atoms with Crippen LogP contribution in [0, 0.1) is 0 Å². The van der Waals surface area contributed by atoms with Gasteiger partial charge in [-0.3, -0.25) is 14.2 Å². The van der Waals surface area contributed by atoms with Crippen LogP contribution >= 0.6 is 7.60 Å². The van der Waals surface area contributed by atoms with Crippen molar-refractivity contribution in [3.05, 3.63) is 179 Å². The maximum absolute atomic E-state index is 14.2. The van der Waals surface area contributed by atoms with Gasteiger partial charge < -0.3 is 54.2 Å². The molecule has 0 spiro atoms. The van der Waals surface area contributed by atoms with Crippen LogP contribution in [0.3, 0.4) is 0 Å². The highest BCUT2D eigenvalue weighted by Crippen LogP contribution is 2.48. The van der Waals surface area contributed by atoms with E-state index in [9.17, 15) is 33.3 Å². The van der Waals surface area contributed by atoms with Gasteiger partial charge in [0.2, 0.25) is 11.8 Å². The molecule has 0 radical (unpaired) electrons. The minimum absolute atomic E-state index is 0.0517. The molecule has 0 fully saturated rings. The summed E-state index contributed by atoms with van der Waals surface area (Å²) in [6, 6.07) is 43.0. The molecule has 1 unspecified atom stereocenters. The molecule has 19 heteroatoms. The molecule has 0 aliphatic heterocycles. The summed E-state index contributed by atoms with van der Waals surface area (Å²) < 4.78 is 47.5. The maximum Gasteiger partial charge on any atom is 0.410 e. The normalized spacial score (nSPS) is 12.4. The van der Waals surface area contributed by atoms with Crippen molar-refractivity contribution in [2.24, 2.45) is 0 Å². The first kappa shape index (κ1) is 56.4. The van der Waals surface area contributed by atoms with E-state index in [0.717, 1.165) is 22.3 Å². The van der Waals surface area contributed by atoms with E-state index >= 15 is 0 Å². The van der Waals surface area contributed by atoms with Crippen molar-refractivity contribution < 1.29 is 61.3 Å². The molecule has 5 aromatic rings. The lowest BCUT2D eigenvalue weighted by atomic mass is 10.1. The molecule has 5 aromatic carbocycles. The number of nitrogens with zero attached hydrogens (tertiary/aromatic N) is 1. The molecule has 0 aliphatic rings. The number of benzene rings is 5. The highest BCUT2D eigenvalue weighted by Gasteiger charge is 2.29. The summed E-state index contributed by atoms with van der Waals surface area (Å²) in [6.45, 7) is 2.02. The van der Waals surface area contributed by atoms with Gasteiger partial charge in [-0.05, 0) is 60.4 Å². The quantitative estimate of drug-likeness (QED) is 0.0147. The van der Waals surface area contributed by atoms with E-state index in [1.807, 2.05) is 78.9 Å². The molecule has 5 rings (SSSR count). The van der Waals surface area contributed by atoms with E-state index in [0.29, 0.717) is 24.9 Å². The predicted molar refractivity (Wildman–Crippen MR) is 271 cm³/mol. The number of alkyl carbamates (subject to hydrolysis) is 2. The number of unbranched alkanes of at least 4 members (excludes halogenated alkanes) is 1. The van der Waals surface area contributed by atoms with Crippen molar-refractivity contribution in [1.29, 1.82) is 0 Å². The zero-order chi connectivity index (χ0) is 51.9. The summed E-state index contributed by atoms with van der Waals surface area (Å²) in [4.78, 5) is 79.5. The molecule has 0 aromatic heterocycles. The Morgan fingerprint density at radius 2 is 0.986 bits per heavy atom. The van der Waals surface area contributed by atoms with Crippen LogP contribution in [0.4, 0.5) is 14.4 Å². The molecule has 0 bridgehead atoms. The lowest BCUT2D eigenvalue weighted by molar-refractivity contribution is -0.147. The molecule has 5 amide bonds. The summed E-state index contributed by atoms with van der Waals surface area (Å²) >= 11 is 0. The maximum atomic E-state index is 14.2. The fraction of sp³-hybridized carbons (Fsp3) is 0.333. The molecule has 0 aliphatic carbocycles. The summed E-state index contributed by atoms with van der Waals surface area (Å²) in [7, 11) is -4.05. The Balaban J connectivity index is 1.11. The Labute approximate surface area is 425 Å². The van der Waals surface area contributed by atoms with E-state index in [2.05, 4.69) is 21.3 Å². The number of carbonyl (C=O) groups excluding carboxylic acids is 6. The third-order valence-electron chi connectivity index (χ3n) is 10.8. The minimum atomic E-state index is -4.05. The van der Waals surface area contributed by atoms with Crippen LogP contribution in [0.5, 0.6) is 0 Å². The average molecular weight is 1020 g/mol. The Hall–Kier alpha value is -7.53. The Morgan fingerprint density at radius 1 is 0.521 bits per heavy atom. The Bertz CT molecular complexity index is 2490. The van der Waals surface area contributed by atoms with Gasteiger partial charge in [-0.25, -0.2) is 19.2 Å². The van der Waals surface area contributed by atoms with Crippen LogP contribution in [-0.4, -0.2) is 85.6 Å². The summed E-state index contributed by atoms with van der Waals surface area (Å²) in [6.07, 6.45) is -1.77. The smallest absolute Gasteiger partial charge is 0.410 e. The van der Waals surface area contributed by atoms with Crippen molar-refractivity contribution in [2.75, 3.05) is 32.5 Å². The van der Waals surface area contributed by atoms with Crippen LogP contribution < -0.4 is 21.3 Å². The fourth-order valence-corrected chi connectivity index (χ4v) is 8.16. The number of ether oxygens (including phenoxy) is 4. The predicted octanol–water partition coefficient (Wildman–Crippen LogP) is 8.55. The van der Waals surface area contributed by atoms with Crippen molar-refractivity contribution in [3.63, 3.8) is 0 Å². The van der Waals surface area contributed by atoms with Gasteiger partial charge in [0.25, 0.3) is 0 Å². The van der Waals surface area contributed by atoms with Gasteiger partial charge in [-0.1, -0.05) is 152 Å². The lowest BCUT2D eigenvalue weighted by Crippen LogP contribution is -2.46. The first-order chi connectivity index (χ1) is 35.4. The lowest BCUT2D eigenvalue weighted by Gasteiger charge is -2.24. The molecule has 0 saturated heterocycles. The molecule has 4 N–H and O–H groups in total. The highest BCUT2D eigenvalue weighted by molar-refractivity contribution is 7.53. The average Bonchev–Trinajstić information content (AvgIpc) is 3.42. The van der Waals surface area contributed by atoms with E-state index in [-0.39, 0.29) is 72.0 Å². The van der Waals surface area contributed by atoms with Gasteiger partial charge >= 0.3 is 31.8 Å². The Kier molecular flexibility index (Phi) is 24.5. The van der Waals surface area contributed by atoms with Crippen molar-refractivity contribution in [3.8, 4) is 0 Å². The molecule has 3 atom stereocenters. The van der Waals surface area contributed by atoms with E-state index < -0.39 is 62.0 Å². The number of nitrogens with one attached hydrogen (secondary N) is 4. The molecule has 18 nitrogen and oxygen atoms in total. The number of carbonyl (C=O) groups is 6. The summed E-state index contributed by atoms with van der Waals surface area (Å²) in [5.74, 6) is -2.11. The number of rotatable bonds is 30. The molecular weight excluding hydrogens is 958 g/mol. The molecular formula is C54H64N5O13P. The van der Waals surface area contributed by atoms with Crippen LogP contribution in [0.15, 0.2) is 152 Å². The second-order valence-electron chi connectivity index (χ2n) is 16.7. The van der Waals surface area contributed by atoms with Crippen LogP contribution in [0.1, 0.15) is 66.8 Å². The third-order valence-corrected chi connectivity index (χ3v) is 12.5. The SMILES string of the molecule is C[C@H](NC(=O)CC[C@H](NC(=O)OCc1ccccc1)C(=O)OCc1ccccc1)C(=O)NCP(=O)(OCCCN(CCCCNC(=O)OCc1ccccc1)C(=O)OCc1ccccc1)OCc1ccccc1. The van der Waals surface area contributed by atoms with Crippen LogP contribution in [-0.2, 0) is 80.0 Å². The molecule has 73 heavy (non-hydrogen) atoms.